The van der Waals surface area contributed by atoms with E-state index in [1.165, 1.54) is 13.5 Å². The van der Waals surface area contributed by atoms with Gasteiger partial charge in [-0.25, -0.2) is 0 Å². The Kier molecular flexibility index (Phi) is 6.85. The van der Waals surface area contributed by atoms with Gasteiger partial charge in [0.1, 0.15) is 18.3 Å². The molecule has 1 heterocycles. The Morgan fingerprint density at radius 3 is 2.35 bits per heavy atom. The molecule has 0 N–H and O–H groups in total. The van der Waals surface area contributed by atoms with Crippen molar-refractivity contribution in [2.75, 3.05) is 7.11 Å². The predicted molar refractivity (Wildman–Crippen MR) is 132 cm³/mol. The van der Waals surface area contributed by atoms with E-state index in [9.17, 15) is 19.2 Å². The first-order valence-electron chi connectivity index (χ1n) is 14.2. The van der Waals surface area contributed by atoms with Gasteiger partial charge in [-0.3, -0.25) is 19.2 Å². The Labute approximate surface area is 219 Å². The van der Waals surface area contributed by atoms with E-state index in [2.05, 4.69) is 0 Å². The maximum atomic E-state index is 13.5. The molecule has 0 aromatic heterocycles. The quantitative estimate of drug-likeness (QED) is 0.313. The highest BCUT2D eigenvalue weighted by atomic mass is 16.6. The molecule has 1 saturated heterocycles. The fourth-order valence-corrected chi connectivity index (χ4v) is 7.98. The number of methoxy groups -OCH3 is 1. The number of carbonyl (C=O) groups excluding carboxylic acids is 4. The third-order valence-corrected chi connectivity index (χ3v) is 10.4. The highest BCUT2D eigenvalue weighted by Crippen LogP contribution is 2.56. The molecule has 4 bridgehead atoms. The van der Waals surface area contributed by atoms with Crippen LogP contribution in [-0.4, -0.2) is 49.3 Å². The standard InChI is InChI=1S/C29H42O8/c1-6-29(4,27(33)37-22-17-11-19-20(12-17)25(31)36-23(19)22)14-18(24(30)34-5)13-28(2,3)26(32)35-21-10-15-7-8-16(21)9-15/h15-23H,6-14H2,1-5H3. The van der Waals surface area contributed by atoms with E-state index in [1.54, 1.807) is 13.8 Å². The van der Waals surface area contributed by atoms with Crippen LogP contribution in [0.15, 0.2) is 0 Å². The minimum absolute atomic E-state index is 0.0241. The van der Waals surface area contributed by atoms with Crippen molar-refractivity contribution < 1.29 is 38.1 Å². The molecule has 0 aromatic carbocycles. The van der Waals surface area contributed by atoms with Crippen LogP contribution < -0.4 is 0 Å². The molecule has 5 aliphatic rings. The van der Waals surface area contributed by atoms with Crippen LogP contribution in [0.3, 0.4) is 0 Å². The Bertz CT molecular complexity index is 958. The average Bonchev–Trinajstić information content (AvgIpc) is 3.66. The van der Waals surface area contributed by atoms with Crippen LogP contribution in [0.25, 0.3) is 0 Å². The first kappa shape index (κ1) is 26.5. The zero-order valence-electron chi connectivity index (χ0n) is 22.8. The lowest BCUT2D eigenvalue weighted by atomic mass is 9.73. The minimum atomic E-state index is -0.951. The molecule has 0 aromatic rings. The van der Waals surface area contributed by atoms with Gasteiger partial charge >= 0.3 is 23.9 Å². The van der Waals surface area contributed by atoms with E-state index in [1.807, 2.05) is 13.8 Å². The fourth-order valence-electron chi connectivity index (χ4n) is 7.98. The van der Waals surface area contributed by atoms with Gasteiger partial charge in [0.15, 0.2) is 0 Å². The number of fused-ring (bicyclic) bond motifs is 3. The third-order valence-electron chi connectivity index (χ3n) is 10.4. The number of hydrogen-bond donors (Lipinski definition) is 0. The van der Waals surface area contributed by atoms with Gasteiger partial charge in [-0.15, -0.1) is 0 Å². The van der Waals surface area contributed by atoms with Gasteiger partial charge in [0.05, 0.1) is 29.8 Å². The Morgan fingerprint density at radius 2 is 1.73 bits per heavy atom. The topological polar surface area (TPSA) is 105 Å². The van der Waals surface area contributed by atoms with Crippen molar-refractivity contribution in [2.24, 2.45) is 46.3 Å². The predicted octanol–water partition coefficient (Wildman–Crippen LogP) is 4.22. The van der Waals surface area contributed by atoms with Crippen molar-refractivity contribution in [3.05, 3.63) is 0 Å². The maximum Gasteiger partial charge on any atom is 0.312 e. The molecule has 0 spiro atoms. The second-order valence-electron chi connectivity index (χ2n) is 13.3. The number of rotatable bonds is 10. The van der Waals surface area contributed by atoms with E-state index < -0.39 is 28.8 Å². The summed E-state index contributed by atoms with van der Waals surface area (Å²) in [5.74, 6) is -0.590. The number of esters is 4. The first-order valence-corrected chi connectivity index (χ1v) is 14.2. The zero-order valence-corrected chi connectivity index (χ0v) is 22.8. The lowest BCUT2D eigenvalue weighted by Crippen LogP contribution is -2.42. The van der Waals surface area contributed by atoms with Crippen LogP contribution >= 0.6 is 0 Å². The Balaban J connectivity index is 1.24. The summed E-state index contributed by atoms with van der Waals surface area (Å²) in [6.07, 6.45) is 6.08. The van der Waals surface area contributed by atoms with Gasteiger partial charge in [0.2, 0.25) is 0 Å². The molecule has 10 atom stereocenters. The molecule has 37 heavy (non-hydrogen) atoms. The lowest BCUT2D eigenvalue weighted by Gasteiger charge is -2.35. The fraction of sp³-hybridized carbons (Fsp3) is 0.862. The van der Waals surface area contributed by atoms with Crippen LogP contribution in [0.1, 0.15) is 85.5 Å². The van der Waals surface area contributed by atoms with Crippen LogP contribution in [-0.2, 0) is 38.1 Å². The second-order valence-corrected chi connectivity index (χ2v) is 13.3. The van der Waals surface area contributed by atoms with Crippen molar-refractivity contribution in [1.29, 1.82) is 0 Å². The smallest absolute Gasteiger partial charge is 0.312 e. The van der Waals surface area contributed by atoms with Gasteiger partial charge in [0.25, 0.3) is 0 Å². The number of hydrogen-bond acceptors (Lipinski definition) is 8. The lowest BCUT2D eigenvalue weighted by molar-refractivity contribution is -0.174. The van der Waals surface area contributed by atoms with E-state index >= 15 is 0 Å². The maximum absolute atomic E-state index is 13.5. The van der Waals surface area contributed by atoms with Crippen LogP contribution in [0, 0.1) is 46.3 Å². The highest BCUT2D eigenvalue weighted by Gasteiger charge is 2.63. The van der Waals surface area contributed by atoms with Crippen molar-refractivity contribution in [3.63, 3.8) is 0 Å². The molecule has 0 amide bonds. The molecule has 8 nitrogen and oxygen atoms in total. The van der Waals surface area contributed by atoms with Crippen molar-refractivity contribution in [2.45, 2.75) is 104 Å². The van der Waals surface area contributed by atoms with Gasteiger partial charge in [-0.1, -0.05) is 6.92 Å². The van der Waals surface area contributed by atoms with E-state index in [0.29, 0.717) is 24.7 Å². The van der Waals surface area contributed by atoms with Gasteiger partial charge < -0.3 is 18.9 Å². The van der Waals surface area contributed by atoms with E-state index in [4.69, 9.17) is 18.9 Å². The summed E-state index contributed by atoms with van der Waals surface area (Å²) in [4.78, 5) is 51.7. The number of carbonyl (C=O) groups is 4. The molecular formula is C29H42O8. The first-order chi connectivity index (χ1) is 17.5. The molecule has 4 aliphatic carbocycles. The summed E-state index contributed by atoms with van der Waals surface area (Å²) in [6, 6.07) is 0. The summed E-state index contributed by atoms with van der Waals surface area (Å²) in [7, 11) is 1.33. The zero-order chi connectivity index (χ0) is 26.7. The SMILES string of the molecule is CCC(C)(CC(CC(C)(C)C(=O)OC1CC2CCC1C2)C(=O)OC)C(=O)OC1C2CC3C(=O)OC1C3C2. The second kappa shape index (κ2) is 9.57. The molecular weight excluding hydrogens is 476 g/mol. The summed E-state index contributed by atoms with van der Waals surface area (Å²) in [5, 5.41) is 0. The van der Waals surface area contributed by atoms with Crippen molar-refractivity contribution >= 4 is 23.9 Å². The largest absolute Gasteiger partial charge is 0.469 e. The molecule has 1 aliphatic heterocycles. The van der Waals surface area contributed by atoms with E-state index in [0.717, 1.165) is 25.7 Å². The molecule has 206 valence electrons. The average molecular weight is 519 g/mol. The minimum Gasteiger partial charge on any atom is -0.469 e. The monoisotopic (exact) mass is 518 g/mol. The number of ether oxygens (including phenoxy) is 4. The van der Waals surface area contributed by atoms with Gasteiger partial charge in [-0.2, -0.15) is 0 Å². The van der Waals surface area contributed by atoms with Crippen LogP contribution in [0.4, 0.5) is 0 Å². The molecule has 10 unspecified atom stereocenters. The Morgan fingerprint density at radius 1 is 0.973 bits per heavy atom. The normalized spacial score (nSPS) is 37.7. The molecule has 8 heteroatoms. The summed E-state index contributed by atoms with van der Waals surface area (Å²) >= 11 is 0. The van der Waals surface area contributed by atoms with Gasteiger partial charge in [-0.05, 0) is 90.4 Å². The van der Waals surface area contributed by atoms with Crippen LogP contribution in [0.5, 0.6) is 0 Å². The molecule has 0 radical (unpaired) electrons. The van der Waals surface area contributed by atoms with E-state index in [-0.39, 0.29) is 60.7 Å². The third kappa shape index (κ3) is 4.67. The van der Waals surface area contributed by atoms with Crippen LogP contribution in [0.2, 0.25) is 0 Å². The van der Waals surface area contributed by atoms with Crippen molar-refractivity contribution in [3.8, 4) is 0 Å². The van der Waals surface area contributed by atoms with Crippen molar-refractivity contribution in [1.82, 2.24) is 0 Å². The summed E-state index contributed by atoms with van der Waals surface area (Å²) < 4.78 is 22.7. The molecule has 4 saturated carbocycles. The molecule has 5 rings (SSSR count). The van der Waals surface area contributed by atoms with Gasteiger partial charge in [0, 0.05) is 11.8 Å². The highest BCUT2D eigenvalue weighted by molar-refractivity contribution is 5.81. The summed E-state index contributed by atoms with van der Waals surface area (Å²) in [5.41, 5.74) is -1.86. The summed E-state index contributed by atoms with van der Waals surface area (Å²) in [6.45, 7) is 7.32. The Hall–Kier alpha value is -2.12. The molecule has 5 fully saturated rings.